The second kappa shape index (κ2) is 2.45. The van der Waals surface area contributed by atoms with Crippen LogP contribution in [0, 0.1) is 22.7 Å². The van der Waals surface area contributed by atoms with E-state index in [1.807, 2.05) is 0 Å². The van der Waals surface area contributed by atoms with E-state index in [2.05, 4.69) is 0 Å². The summed E-state index contributed by atoms with van der Waals surface area (Å²) >= 11 is 0. The Morgan fingerprint density at radius 1 is 1.12 bits per heavy atom. The van der Waals surface area contributed by atoms with Crippen molar-refractivity contribution >= 4 is 17.3 Å². The highest BCUT2D eigenvalue weighted by Gasteiger charge is 2.70. The Morgan fingerprint density at radius 3 is 2.00 bits per heavy atom. The number of carbonyl (C=O) groups excluding carboxylic acids is 2. The van der Waals surface area contributed by atoms with E-state index in [-0.39, 0.29) is 22.8 Å². The summed E-state index contributed by atoms with van der Waals surface area (Å²) < 4.78 is 0. The van der Waals surface area contributed by atoms with Crippen LogP contribution in [0.1, 0.15) is 20.7 Å². The maximum atomic E-state index is 12.0. The summed E-state index contributed by atoms with van der Waals surface area (Å²) in [5, 5.41) is 18.2. The van der Waals surface area contributed by atoms with E-state index in [0.717, 1.165) is 0 Å². The second-order valence-electron chi connectivity index (χ2n) is 3.79. The molecule has 0 atom stereocenters. The molecule has 4 nitrogen and oxygen atoms in total. The van der Waals surface area contributed by atoms with Crippen LogP contribution >= 0.6 is 0 Å². The summed E-state index contributed by atoms with van der Waals surface area (Å²) in [5.41, 5.74) is -1.48. The summed E-state index contributed by atoms with van der Waals surface area (Å²) in [5.74, 6) is -1.08. The molecule has 0 amide bonds. The molecular formula is C12H4N2O2-. The number of nitrogens with zero attached hydrogens (tertiary/aromatic N) is 2. The molecule has 0 bridgehead atoms. The Labute approximate surface area is 91.0 Å². The lowest BCUT2D eigenvalue weighted by atomic mass is 9.97. The van der Waals surface area contributed by atoms with Gasteiger partial charge in [-0.15, -0.1) is 0 Å². The van der Waals surface area contributed by atoms with Crippen molar-refractivity contribution in [2.45, 2.75) is 0 Å². The van der Waals surface area contributed by atoms with E-state index in [0.29, 0.717) is 0 Å². The van der Waals surface area contributed by atoms with Gasteiger partial charge < -0.3 is 5.41 Å². The largest absolute Gasteiger partial charge is 0.809 e. The molecule has 1 aromatic rings. The van der Waals surface area contributed by atoms with Crippen LogP contribution in [0.3, 0.4) is 0 Å². The smallest absolute Gasteiger partial charge is 0.181 e. The minimum absolute atomic E-state index is 0.112. The summed E-state index contributed by atoms with van der Waals surface area (Å²) in [4.78, 5) is 24.0. The molecule has 3 rings (SSSR count). The molecule has 1 saturated carbocycles. The quantitative estimate of drug-likeness (QED) is 0.600. The molecule has 0 saturated heterocycles. The SMILES string of the molecule is N#C[C]1C(=[N-])C12C(=O)c1ccccc1C2=O. The van der Waals surface area contributed by atoms with Crippen LogP contribution < -0.4 is 0 Å². The first kappa shape index (κ1) is 8.98. The molecule has 16 heavy (non-hydrogen) atoms. The highest BCUT2D eigenvalue weighted by atomic mass is 16.2. The van der Waals surface area contributed by atoms with E-state index < -0.39 is 17.0 Å². The molecule has 0 heterocycles. The van der Waals surface area contributed by atoms with Crippen molar-refractivity contribution in [3.05, 3.63) is 46.7 Å². The van der Waals surface area contributed by atoms with Gasteiger partial charge in [0.15, 0.2) is 11.6 Å². The zero-order valence-electron chi connectivity index (χ0n) is 8.02. The molecule has 1 aromatic carbocycles. The molecule has 2 aliphatic rings. The van der Waals surface area contributed by atoms with Gasteiger partial charge in [0.25, 0.3) is 0 Å². The number of nitriles is 1. The molecule has 2 aliphatic carbocycles. The van der Waals surface area contributed by atoms with Crippen molar-refractivity contribution in [2.24, 2.45) is 5.41 Å². The lowest BCUT2D eigenvalue weighted by Gasteiger charge is -2.01. The van der Waals surface area contributed by atoms with Gasteiger partial charge in [-0.25, -0.2) is 0 Å². The van der Waals surface area contributed by atoms with E-state index >= 15 is 0 Å². The Balaban J connectivity index is 2.26. The Bertz CT molecular complexity index is 575. The van der Waals surface area contributed by atoms with E-state index in [9.17, 15) is 15.0 Å². The number of hydrogen-bond donors (Lipinski definition) is 0. The van der Waals surface area contributed by atoms with Gasteiger partial charge >= 0.3 is 0 Å². The molecule has 75 valence electrons. The lowest BCUT2D eigenvalue weighted by molar-refractivity contribution is 0.0846. The molecule has 0 aliphatic heterocycles. The number of carbonyl (C=O) groups is 2. The lowest BCUT2D eigenvalue weighted by Crippen LogP contribution is -2.20. The molecule has 0 N–H and O–H groups in total. The van der Waals surface area contributed by atoms with Crippen molar-refractivity contribution in [1.82, 2.24) is 0 Å². The molecular weight excluding hydrogens is 204 g/mol. The maximum Gasteiger partial charge on any atom is 0.181 e. The normalized spacial score (nSPS) is 21.1. The predicted molar refractivity (Wildman–Crippen MR) is 54.8 cm³/mol. The van der Waals surface area contributed by atoms with Crippen LogP contribution in [0.2, 0.25) is 0 Å². The van der Waals surface area contributed by atoms with E-state index in [4.69, 9.17) is 5.26 Å². The third-order valence-corrected chi connectivity index (χ3v) is 3.11. The van der Waals surface area contributed by atoms with Gasteiger partial charge in [-0.3, -0.25) is 9.59 Å². The van der Waals surface area contributed by atoms with Gasteiger partial charge in [-0.2, -0.15) is 11.0 Å². The van der Waals surface area contributed by atoms with Crippen molar-refractivity contribution in [3.8, 4) is 6.07 Å². The Hall–Kier alpha value is -2.28. The Morgan fingerprint density at radius 2 is 1.62 bits per heavy atom. The van der Waals surface area contributed by atoms with Crippen LogP contribution in [0.25, 0.3) is 5.41 Å². The number of Topliss-reactive ketones (excluding diaryl/α,β-unsaturated/α-hetero) is 2. The van der Waals surface area contributed by atoms with Gasteiger partial charge in [0, 0.05) is 11.1 Å². The number of benzene rings is 1. The van der Waals surface area contributed by atoms with Gasteiger partial charge in [-0.1, -0.05) is 24.3 Å². The third-order valence-electron chi connectivity index (χ3n) is 3.11. The minimum Gasteiger partial charge on any atom is -0.809 e. The number of fused-ring (bicyclic) bond motifs is 1. The predicted octanol–water partition coefficient (Wildman–Crippen LogP) is 1.17. The average molecular weight is 208 g/mol. The van der Waals surface area contributed by atoms with Crippen LogP contribution in [0.4, 0.5) is 0 Å². The number of ketones is 2. The fraction of sp³-hybridized carbons (Fsp3) is 0.0833. The second-order valence-corrected chi connectivity index (χ2v) is 3.79. The van der Waals surface area contributed by atoms with E-state index in [1.54, 1.807) is 18.2 Å². The minimum atomic E-state index is -1.65. The topological polar surface area (TPSA) is 80.2 Å². The van der Waals surface area contributed by atoms with Crippen molar-refractivity contribution in [2.75, 3.05) is 0 Å². The molecule has 1 fully saturated rings. The molecule has 0 unspecified atom stereocenters. The van der Waals surface area contributed by atoms with Gasteiger partial charge in [-0.05, 0) is 0 Å². The first-order chi connectivity index (χ1) is 7.65. The van der Waals surface area contributed by atoms with Gasteiger partial charge in [0.1, 0.15) is 11.3 Å². The molecule has 4 heteroatoms. The van der Waals surface area contributed by atoms with E-state index in [1.165, 1.54) is 12.1 Å². The fourth-order valence-corrected chi connectivity index (χ4v) is 2.23. The van der Waals surface area contributed by atoms with Crippen molar-refractivity contribution < 1.29 is 9.59 Å². The van der Waals surface area contributed by atoms with Crippen LogP contribution in [0.15, 0.2) is 24.3 Å². The van der Waals surface area contributed by atoms with Gasteiger partial charge in [0.05, 0.1) is 6.07 Å². The molecule has 1 radical (unpaired) electrons. The zero-order chi connectivity index (χ0) is 11.5. The fourth-order valence-electron chi connectivity index (χ4n) is 2.23. The summed E-state index contributed by atoms with van der Waals surface area (Å²) in [7, 11) is 0. The standard InChI is InChI=1S/C12H4N2O2/c13-5-8-9(14)12(8)10(15)6-3-1-2-4-7(6)11(12)16/h1-4H/q-1. The molecule has 0 aromatic heterocycles. The van der Waals surface area contributed by atoms with Crippen LogP contribution in [-0.2, 0) is 0 Å². The highest BCUT2D eigenvalue weighted by molar-refractivity contribution is 6.56. The first-order valence-corrected chi connectivity index (χ1v) is 4.68. The Kier molecular flexibility index (Phi) is 1.37. The van der Waals surface area contributed by atoms with Crippen molar-refractivity contribution in [1.29, 1.82) is 5.26 Å². The summed E-state index contributed by atoms with van der Waals surface area (Å²) in [6, 6.07) is 8.07. The highest BCUT2D eigenvalue weighted by Crippen LogP contribution is 2.58. The first-order valence-electron chi connectivity index (χ1n) is 4.68. The van der Waals surface area contributed by atoms with Crippen LogP contribution in [0.5, 0.6) is 0 Å². The van der Waals surface area contributed by atoms with Gasteiger partial charge in [0.2, 0.25) is 0 Å². The third kappa shape index (κ3) is 0.673. The number of rotatable bonds is 0. The summed E-state index contributed by atoms with van der Waals surface area (Å²) in [6.45, 7) is 0. The monoisotopic (exact) mass is 208 g/mol. The zero-order valence-corrected chi connectivity index (χ0v) is 8.02. The van der Waals surface area contributed by atoms with Crippen molar-refractivity contribution in [3.63, 3.8) is 0 Å². The summed E-state index contributed by atoms with van der Waals surface area (Å²) in [6.07, 6.45) is 0. The number of hydrogen-bond acceptors (Lipinski definition) is 3. The van der Waals surface area contributed by atoms with Crippen LogP contribution in [-0.4, -0.2) is 17.3 Å². The maximum absolute atomic E-state index is 12.0. The molecule has 1 spiro atoms. The average Bonchev–Trinajstić information content (AvgIpc) is 2.86.